The van der Waals surface area contributed by atoms with Crippen LogP contribution in [0.4, 0.5) is 0 Å². The number of likely N-dealkylation sites (N-methyl/N-ethyl adjacent to an activating group) is 1. The maximum atomic E-state index is 12.7. The zero-order valence-corrected chi connectivity index (χ0v) is 20.2. The summed E-state index contributed by atoms with van der Waals surface area (Å²) < 4.78 is 34.7. The minimum Gasteiger partial charge on any atom is -0.493 e. The Balaban J connectivity index is 1.55. The van der Waals surface area contributed by atoms with Gasteiger partial charge in [0.25, 0.3) is 0 Å². The van der Waals surface area contributed by atoms with Crippen molar-refractivity contribution in [2.24, 2.45) is 0 Å². The Hall–Kier alpha value is -2.80. The Morgan fingerprint density at radius 2 is 1.94 bits per heavy atom. The molecule has 0 bridgehead atoms. The fourth-order valence-electron chi connectivity index (χ4n) is 3.71. The number of nitrogens with zero attached hydrogens (tertiary/aromatic N) is 1. The molecule has 0 atom stereocenters. The number of hydrogen-bond donors (Lipinski definition) is 0. The van der Waals surface area contributed by atoms with Gasteiger partial charge in [0.15, 0.2) is 9.84 Å². The van der Waals surface area contributed by atoms with Gasteiger partial charge in [0, 0.05) is 30.8 Å². The smallest absolute Gasteiger partial charge is 0.226 e. The predicted octanol–water partition coefficient (Wildman–Crippen LogP) is 4.74. The van der Waals surface area contributed by atoms with Crippen molar-refractivity contribution >= 4 is 26.7 Å². The van der Waals surface area contributed by atoms with Crippen molar-refractivity contribution in [3.8, 4) is 5.75 Å². The highest BCUT2D eigenvalue weighted by molar-refractivity contribution is 7.90. The van der Waals surface area contributed by atoms with E-state index >= 15 is 0 Å². The molecule has 32 heavy (non-hydrogen) atoms. The third-order valence-electron chi connectivity index (χ3n) is 5.57. The summed E-state index contributed by atoms with van der Waals surface area (Å²) in [5.74, 6) is 0.917. The zero-order chi connectivity index (χ0) is 23.5. The predicted molar refractivity (Wildman–Crippen MR) is 126 cm³/mol. The molecule has 3 aromatic rings. The third kappa shape index (κ3) is 5.71. The lowest BCUT2D eigenvalue weighted by Gasteiger charge is -2.17. The van der Waals surface area contributed by atoms with E-state index in [1.807, 2.05) is 6.07 Å². The van der Waals surface area contributed by atoms with Gasteiger partial charge in [-0.25, -0.2) is 8.42 Å². The lowest BCUT2D eigenvalue weighted by atomic mass is 9.95. The molecule has 0 saturated carbocycles. The van der Waals surface area contributed by atoms with Crippen LogP contribution in [0.2, 0.25) is 0 Å². The van der Waals surface area contributed by atoms with E-state index in [1.165, 1.54) is 23.4 Å². The van der Waals surface area contributed by atoms with Crippen LogP contribution in [0.3, 0.4) is 0 Å². The monoisotopic (exact) mass is 457 g/mol. The Labute approximate surface area is 190 Å². The van der Waals surface area contributed by atoms with Crippen LogP contribution >= 0.6 is 0 Å². The molecule has 0 aliphatic heterocycles. The average Bonchev–Trinajstić information content (AvgIpc) is 3.11. The molecule has 0 spiro atoms. The maximum Gasteiger partial charge on any atom is 0.226 e. The number of carbonyl (C=O) groups is 1. The van der Waals surface area contributed by atoms with Gasteiger partial charge in [-0.2, -0.15) is 0 Å². The molecular formula is C25H31NO5S. The van der Waals surface area contributed by atoms with E-state index in [1.54, 1.807) is 36.4 Å². The van der Waals surface area contributed by atoms with Crippen molar-refractivity contribution < 1.29 is 22.4 Å². The molecular weight excluding hydrogens is 426 g/mol. The van der Waals surface area contributed by atoms with E-state index in [-0.39, 0.29) is 17.2 Å². The molecule has 0 radical (unpaired) electrons. The molecule has 3 rings (SSSR count). The fraction of sp³-hybridized carbons (Fsp3) is 0.400. The van der Waals surface area contributed by atoms with Crippen LogP contribution in [0, 0.1) is 6.92 Å². The van der Waals surface area contributed by atoms with E-state index in [4.69, 9.17) is 9.15 Å². The van der Waals surface area contributed by atoms with Gasteiger partial charge in [-0.05, 0) is 60.7 Å². The molecule has 2 aromatic carbocycles. The molecule has 0 aliphatic carbocycles. The largest absolute Gasteiger partial charge is 0.493 e. The number of ether oxygens (including phenoxy) is 1. The second-order valence-electron chi connectivity index (χ2n) is 8.56. The minimum atomic E-state index is -3.27. The van der Waals surface area contributed by atoms with E-state index in [9.17, 15) is 13.2 Å². The summed E-state index contributed by atoms with van der Waals surface area (Å²) in [6.07, 6.45) is 3.76. The van der Waals surface area contributed by atoms with Crippen LogP contribution in [0.5, 0.6) is 5.75 Å². The molecule has 0 N–H and O–H groups in total. The lowest BCUT2D eigenvalue weighted by Crippen LogP contribution is -2.30. The van der Waals surface area contributed by atoms with Gasteiger partial charge in [0.1, 0.15) is 11.3 Å². The molecule has 1 amide bonds. The van der Waals surface area contributed by atoms with Gasteiger partial charge in [-0.15, -0.1) is 0 Å². The summed E-state index contributed by atoms with van der Waals surface area (Å²) in [7, 11) is -1.50. The fourth-order valence-corrected chi connectivity index (χ4v) is 4.37. The first kappa shape index (κ1) is 23.9. The number of amides is 1. The number of furan rings is 1. The molecule has 0 aliphatic rings. The summed E-state index contributed by atoms with van der Waals surface area (Å²) in [6.45, 7) is 7.32. The van der Waals surface area contributed by atoms with Crippen LogP contribution in [-0.4, -0.2) is 45.7 Å². The minimum absolute atomic E-state index is 0.0124. The number of rotatable bonds is 9. The Morgan fingerprint density at radius 3 is 2.62 bits per heavy atom. The molecule has 1 aromatic heterocycles. The molecule has 0 saturated heterocycles. The van der Waals surface area contributed by atoms with Crippen molar-refractivity contribution in [2.75, 3.05) is 26.5 Å². The Morgan fingerprint density at radius 1 is 1.19 bits per heavy atom. The topological polar surface area (TPSA) is 76.8 Å². The second kappa shape index (κ2) is 9.77. The van der Waals surface area contributed by atoms with Crippen molar-refractivity contribution in [1.29, 1.82) is 0 Å². The van der Waals surface area contributed by atoms with Crippen molar-refractivity contribution in [2.45, 2.75) is 44.4 Å². The Bertz CT molecular complexity index is 1210. The number of fused-ring (bicyclic) bond motifs is 1. The van der Waals surface area contributed by atoms with E-state index < -0.39 is 9.84 Å². The average molecular weight is 458 g/mol. The Kier molecular flexibility index (Phi) is 7.29. The molecule has 7 heteroatoms. The summed E-state index contributed by atoms with van der Waals surface area (Å²) in [5.41, 5.74) is 4.16. The van der Waals surface area contributed by atoms with E-state index in [0.29, 0.717) is 31.2 Å². The molecule has 0 unspecified atom stereocenters. The summed E-state index contributed by atoms with van der Waals surface area (Å²) in [6, 6.07) is 10.6. The van der Waals surface area contributed by atoms with Gasteiger partial charge < -0.3 is 14.1 Å². The zero-order valence-electron chi connectivity index (χ0n) is 19.3. The third-order valence-corrected chi connectivity index (χ3v) is 6.68. The van der Waals surface area contributed by atoms with E-state index in [0.717, 1.165) is 16.5 Å². The standard InChI is InChI=1S/C25H31NO5S/c1-17(2)22-15-23-19(16-31-24(23)12-18(22)3)13-25(27)26(4)10-7-11-30-20-8-6-9-21(14-20)32(5,28)29/h6,8-9,12,14-17H,7,10-11,13H2,1-5H3. The number of carbonyl (C=O) groups excluding carboxylic acids is 1. The summed E-state index contributed by atoms with van der Waals surface area (Å²) in [4.78, 5) is 14.7. The van der Waals surface area contributed by atoms with Crippen LogP contribution < -0.4 is 4.74 Å². The maximum absolute atomic E-state index is 12.7. The van der Waals surface area contributed by atoms with Gasteiger partial charge >= 0.3 is 0 Å². The summed E-state index contributed by atoms with van der Waals surface area (Å²) >= 11 is 0. The number of aryl methyl sites for hydroxylation is 1. The molecule has 6 nitrogen and oxygen atoms in total. The first-order valence-corrected chi connectivity index (χ1v) is 12.6. The number of benzene rings is 2. The van der Waals surface area contributed by atoms with Crippen LogP contribution in [0.25, 0.3) is 11.0 Å². The van der Waals surface area contributed by atoms with Gasteiger partial charge in [-0.1, -0.05) is 19.9 Å². The highest BCUT2D eigenvalue weighted by Crippen LogP contribution is 2.29. The van der Waals surface area contributed by atoms with Crippen LogP contribution in [0.1, 0.15) is 42.9 Å². The van der Waals surface area contributed by atoms with Gasteiger partial charge in [-0.3, -0.25) is 4.79 Å². The molecule has 172 valence electrons. The molecule has 1 heterocycles. The van der Waals surface area contributed by atoms with Gasteiger partial charge in [0.05, 0.1) is 24.2 Å². The summed E-state index contributed by atoms with van der Waals surface area (Å²) in [5, 5.41) is 0.996. The normalized spacial score (nSPS) is 11.8. The van der Waals surface area contributed by atoms with Gasteiger partial charge in [0.2, 0.25) is 5.91 Å². The quantitative estimate of drug-likeness (QED) is 0.434. The van der Waals surface area contributed by atoms with Crippen molar-refractivity contribution in [1.82, 2.24) is 4.90 Å². The first-order valence-electron chi connectivity index (χ1n) is 10.7. The van der Waals surface area contributed by atoms with Crippen LogP contribution in [0.15, 0.2) is 52.0 Å². The lowest BCUT2D eigenvalue weighted by molar-refractivity contribution is -0.129. The van der Waals surface area contributed by atoms with Crippen molar-refractivity contribution in [3.05, 3.63) is 59.4 Å². The SMILES string of the molecule is Cc1cc2occ(CC(=O)N(C)CCCOc3cccc(S(C)(=O)=O)c3)c2cc1C(C)C. The first-order chi connectivity index (χ1) is 15.1. The van der Waals surface area contributed by atoms with E-state index in [2.05, 4.69) is 26.8 Å². The highest BCUT2D eigenvalue weighted by atomic mass is 32.2. The highest BCUT2D eigenvalue weighted by Gasteiger charge is 2.16. The number of hydrogen-bond acceptors (Lipinski definition) is 5. The molecule has 0 fully saturated rings. The van der Waals surface area contributed by atoms with Crippen molar-refractivity contribution in [3.63, 3.8) is 0 Å². The second-order valence-corrected chi connectivity index (χ2v) is 10.6. The van der Waals surface area contributed by atoms with Crippen LogP contribution in [-0.2, 0) is 21.1 Å². The number of sulfone groups is 1.